The molecule has 1 aliphatic rings. The maximum Gasteiger partial charge on any atom is 0.185 e. The first kappa shape index (κ1) is 11.7. The number of anilines is 1. The van der Waals surface area contributed by atoms with E-state index in [0.29, 0.717) is 0 Å². The molecule has 0 amide bonds. The summed E-state index contributed by atoms with van der Waals surface area (Å²) in [5, 5.41) is 1.15. The van der Waals surface area contributed by atoms with Gasteiger partial charge in [0.15, 0.2) is 5.13 Å². The molecular formula is C14H17N3S. The molecule has 0 bridgehead atoms. The number of nitrogens with zero attached hydrogens (tertiary/aromatic N) is 3. The van der Waals surface area contributed by atoms with Crippen LogP contribution >= 0.6 is 11.3 Å². The molecule has 0 unspecified atom stereocenters. The fourth-order valence-electron chi connectivity index (χ4n) is 2.14. The Labute approximate surface area is 112 Å². The SMILES string of the molecule is CN1CCN(c2ncc(-c3ccccc3)s2)CC1. The van der Waals surface area contributed by atoms with Crippen LogP contribution < -0.4 is 4.90 Å². The number of aromatic nitrogens is 1. The second-order valence-corrected chi connectivity index (χ2v) is 5.67. The number of likely N-dealkylation sites (N-methyl/N-ethyl adjacent to an activating group) is 1. The maximum absolute atomic E-state index is 4.57. The summed E-state index contributed by atoms with van der Waals surface area (Å²) in [4.78, 5) is 10.6. The number of hydrogen-bond donors (Lipinski definition) is 0. The van der Waals surface area contributed by atoms with Crippen molar-refractivity contribution in [2.24, 2.45) is 0 Å². The average Bonchev–Trinajstić information content (AvgIpc) is 2.90. The van der Waals surface area contributed by atoms with Gasteiger partial charge in [-0.05, 0) is 12.6 Å². The highest BCUT2D eigenvalue weighted by Crippen LogP contribution is 2.31. The zero-order valence-electron chi connectivity index (χ0n) is 10.5. The molecule has 0 atom stereocenters. The highest BCUT2D eigenvalue weighted by molar-refractivity contribution is 7.18. The third kappa shape index (κ3) is 2.40. The van der Waals surface area contributed by atoms with Crippen LogP contribution in [-0.2, 0) is 0 Å². The predicted octanol–water partition coefficient (Wildman–Crippen LogP) is 2.56. The van der Waals surface area contributed by atoms with Crippen molar-refractivity contribution in [1.82, 2.24) is 9.88 Å². The summed E-state index contributed by atoms with van der Waals surface area (Å²) in [5.41, 5.74) is 1.26. The van der Waals surface area contributed by atoms with E-state index < -0.39 is 0 Å². The lowest BCUT2D eigenvalue weighted by molar-refractivity contribution is 0.313. The minimum atomic E-state index is 1.08. The van der Waals surface area contributed by atoms with Gasteiger partial charge in [0.25, 0.3) is 0 Å². The fraction of sp³-hybridized carbons (Fsp3) is 0.357. The normalized spacial score (nSPS) is 17.1. The monoisotopic (exact) mass is 259 g/mol. The number of piperazine rings is 1. The minimum Gasteiger partial charge on any atom is -0.346 e. The van der Waals surface area contributed by atoms with Gasteiger partial charge in [-0.3, -0.25) is 0 Å². The van der Waals surface area contributed by atoms with E-state index in [9.17, 15) is 0 Å². The van der Waals surface area contributed by atoms with Gasteiger partial charge in [0.2, 0.25) is 0 Å². The van der Waals surface area contributed by atoms with E-state index in [1.807, 2.05) is 12.3 Å². The van der Waals surface area contributed by atoms with Crippen LogP contribution in [0.15, 0.2) is 36.5 Å². The van der Waals surface area contributed by atoms with Crippen LogP contribution in [0, 0.1) is 0 Å². The molecule has 0 N–H and O–H groups in total. The lowest BCUT2D eigenvalue weighted by atomic mass is 10.2. The standard InChI is InChI=1S/C14H17N3S/c1-16-7-9-17(10-8-16)14-15-11-13(18-14)12-5-3-2-4-6-12/h2-6,11H,7-10H2,1H3. The van der Waals surface area contributed by atoms with Crippen molar-refractivity contribution in [3.05, 3.63) is 36.5 Å². The van der Waals surface area contributed by atoms with Crippen LogP contribution in [0.25, 0.3) is 10.4 Å². The lowest BCUT2D eigenvalue weighted by Crippen LogP contribution is -2.44. The Bertz CT molecular complexity index is 501. The van der Waals surface area contributed by atoms with Crippen molar-refractivity contribution < 1.29 is 0 Å². The van der Waals surface area contributed by atoms with Crippen LogP contribution in [0.5, 0.6) is 0 Å². The van der Waals surface area contributed by atoms with Crippen LogP contribution in [0.2, 0.25) is 0 Å². The summed E-state index contributed by atoms with van der Waals surface area (Å²) in [6, 6.07) is 10.5. The Balaban J connectivity index is 1.78. The van der Waals surface area contributed by atoms with E-state index in [2.05, 4.69) is 46.1 Å². The number of benzene rings is 1. The highest BCUT2D eigenvalue weighted by atomic mass is 32.1. The van der Waals surface area contributed by atoms with Gasteiger partial charge in [0.1, 0.15) is 0 Å². The zero-order valence-corrected chi connectivity index (χ0v) is 11.4. The molecule has 0 spiro atoms. The molecule has 0 aliphatic carbocycles. The van der Waals surface area contributed by atoms with Gasteiger partial charge in [-0.1, -0.05) is 41.7 Å². The highest BCUT2D eigenvalue weighted by Gasteiger charge is 2.17. The predicted molar refractivity (Wildman–Crippen MR) is 77.3 cm³/mol. The molecule has 1 aliphatic heterocycles. The average molecular weight is 259 g/mol. The molecule has 1 aromatic heterocycles. The van der Waals surface area contributed by atoms with Crippen LogP contribution in [0.1, 0.15) is 0 Å². The topological polar surface area (TPSA) is 19.4 Å². The fourth-order valence-corrected chi connectivity index (χ4v) is 3.12. The van der Waals surface area contributed by atoms with Crippen LogP contribution in [0.3, 0.4) is 0 Å². The quantitative estimate of drug-likeness (QED) is 0.826. The maximum atomic E-state index is 4.57. The Morgan fingerprint density at radius 2 is 1.78 bits per heavy atom. The van der Waals surface area contributed by atoms with Crippen molar-refractivity contribution in [2.75, 3.05) is 38.1 Å². The van der Waals surface area contributed by atoms with Crippen molar-refractivity contribution in [1.29, 1.82) is 0 Å². The summed E-state index contributed by atoms with van der Waals surface area (Å²) < 4.78 is 0. The van der Waals surface area contributed by atoms with Crippen molar-refractivity contribution in [3.8, 4) is 10.4 Å². The Kier molecular flexibility index (Phi) is 3.30. The molecule has 4 heteroatoms. The number of rotatable bonds is 2. The third-order valence-corrected chi connectivity index (χ3v) is 4.43. The van der Waals surface area contributed by atoms with E-state index in [0.717, 1.165) is 31.3 Å². The van der Waals surface area contributed by atoms with Crippen molar-refractivity contribution >= 4 is 16.5 Å². The molecule has 1 fully saturated rings. The summed E-state index contributed by atoms with van der Waals surface area (Å²) >= 11 is 1.79. The van der Waals surface area contributed by atoms with E-state index in [1.54, 1.807) is 11.3 Å². The molecule has 1 saturated heterocycles. The summed E-state index contributed by atoms with van der Waals surface area (Å²) in [6.45, 7) is 4.41. The lowest BCUT2D eigenvalue weighted by Gasteiger charge is -2.32. The van der Waals surface area contributed by atoms with Crippen LogP contribution in [-0.4, -0.2) is 43.1 Å². The van der Waals surface area contributed by atoms with Crippen LogP contribution in [0.4, 0.5) is 5.13 Å². The first-order valence-corrected chi connectivity index (χ1v) is 7.09. The van der Waals surface area contributed by atoms with E-state index in [4.69, 9.17) is 0 Å². The van der Waals surface area contributed by atoms with Gasteiger partial charge in [0.05, 0.1) is 4.88 Å². The molecule has 3 rings (SSSR count). The second-order valence-electron chi connectivity index (χ2n) is 4.66. The van der Waals surface area contributed by atoms with E-state index >= 15 is 0 Å². The Hall–Kier alpha value is -1.39. The largest absolute Gasteiger partial charge is 0.346 e. The molecule has 0 radical (unpaired) electrons. The second kappa shape index (κ2) is 5.08. The molecule has 18 heavy (non-hydrogen) atoms. The summed E-state index contributed by atoms with van der Waals surface area (Å²) in [6.07, 6.45) is 1.99. The van der Waals surface area contributed by atoms with Gasteiger partial charge < -0.3 is 9.80 Å². The first-order valence-electron chi connectivity index (χ1n) is 6.28. The zero-order chi connectivity index (χ0) is 12.4. The Morgan fingerprint density at radius 3 is 2.50 bits per heavy atom. The number of thiazole rings is 1. The van der Waals surface area contributed by atoms with Gasteiger partial charge >= 0.3 is 0 Å². The molecular weight excluding hydrogens is 242 g/mol. The molecule has 2 heterocycles. The molecule has 2 aromatic rings. The minimum absolute atomic E-state index is 1.08. The Morgan fingerprint density at radius 1 is 1.06 bits per heavy atom. The number of hydrogen-bond acceptors (Lipinski definition) is 4. The smallest absolute Gasteiger partial charge is 0.185 e. The van der Waals surface area contributed by atoms with Gasteiger partial charge in [-0.2, -0.15) is 0 Å². The molecule has 0 saturated carbocycles. The molecule has 3 nitrogen and oxygen atoms in total. The van der Waals surface area contributed by atoms with Crippen molar-refractivity contribution in [2.45, 2.75) is 0 Å². The molecule has 94 valence electrons. The third-order valence-electron chi connectivity index (χ3n) is 3.33. The van der Waals surface area contributed by atoms with Crippen molar-refractivity contribution in [3.63, 3.8) is 0 Å². The van der Waals surface area contributed by atoms with Gasteiger partial charge in [-0.25, -0.2) is 4.98 Å². The van der Waals surface area contributed by atoms with Gasteiger partial charge in [0, 0.05) is 32.4 Å². The summed E-state index contributed by atoms with van der Waals surface area (Å²) in [7, 11) is 2.18. The van der Waals surface area contributed by atoms with E-state index in [-0.39, 0.29) is 0 Å². The first-order chi connectivity index (χ1) is 8.83. The molecule has 1 aromatic carbocycles. The van der Waals surface area contributed by atoms with Gasteiger partial charge in [-0.15, -0.1) is 0 Å². The summed E-state index contributed by atoms with van der Waals surface area (Å²) in [5.74, 6) is 0. The van der Waals surface area contributed by atoms with E-state index in [1.165, 1.54) is 10.4 Å².